The summed E-state index contributed by atoms with van der Waals surface area (Å²) < 4.78 is 0. The molecule has 0 aromatic heterocycles. The van der Waals surface area contributed by atoms with Crippen molar-refractivity contribution in [2.75, 3.05) is 5.32 Å². The average Bonchev–Trinajstić information content (AvgIpc) is 2.25. The number of Topliss-reactive ketones (excluding diaryl/α,β-unsaturated/α-hetero) is 1. The molecule has 84 valence electrons. The Morgan fingerprint density at radius 1 is 1.19 bits per heavy atom. The lowest BCUT2D eigenvalue weighted by atomic mass is 9.81. The summed E-state index contributed by atoms with van der Waals surface area (Å²) in [5.41, 5.74) is 1.83. The fraction of sp³-hybridized carbons (Fsp3) is 0.357. The number of nitrogens with one attached hydrogen (secondary N) is 1. The van der Waals surface area contributed by atoms with Crippen molar-refractivity contribution in [1.29, 1.82) is 0 Å². The van der Waals surface area contributed by atoms with E-state index in [1.807, 2.05) is 36.4 Å². The minimum atomic E-state index is 0.116. The van der Waals surface area contributed by atoms with Crippen LogP contribution < -0.4 is 5.32 Å². The molecule has 0 atom stereocenters. The Hall–Kier alpha value is -1.57. The Bertz CT molecular complexity index is 418. The van der Waals surface area contributed by atoms with Crippen LogP contribution in [0.4, 0.5) is 5.69 Å². The monoisotopic (exact) mass is 215 g/mol. The van der Waals surface area contributed by atoms with Crippen LogP contribution in [0.5, 0.6) is 0 Å². The van der Waals surface area contributed by atoms with Gasteiger partial charge in [-0.15, -0.1) is 0 Å². The molecule has 0 heterocycles. The molecule has 1 aliphatic carbocycles. The largest absolute Gasteiger partial charge is 0.353 e. The Morgan fingerprint density at radius 2 is 1.88 bits per heavy atom. The molecule has 0 fully saturated rings. The number of para-hydroxylation sites is 1. The molecule has 16 heavy (non-hydrogen) atoms. The zero-order valence-corrected chi connectivity index (χ0v) is 9.79. The van der Waals surface area contributed by atoms with Gasteiger partial charge in [-0.2, -0.15) is 0 Å². The first-order valence-corrected chi connectivity index (χ1v) is 5.65. The Balaban J connectivity index is 2.20. The Kier molecular flexibility index (Phi) is 2.82. The molecule has 0 saturated carbocycles. The average molecular weight is 215 g/mol. The van der Waals surface area contributed by atoms with Crippen molar-refractivity contribution in [2.45, 2.75) is 26.7 Å². The number of carbonyl (C=O) groups is 1. The highest BCUT2D eigenvalue weighted by molar-refractivity contribution is 5.99. The van der Waals surface area contributed by atoms with Gasteiger partial charge in [0.25, 0.3) is 0 Å². The summed E-state index contributed by atoms with van der Waals surface area (Å²) in [6.45, 7) is 4.32. The SMILES string of the molecule is CC1(C)C=C(Nc2ccccc2)C(=O)CC1. The molecular weight excluding hydrogens is 198 g/mol. The predicted molar refractivity (Wildman–Crippen MR) is 66.2 cm³/mol. The predicted octanol–water partition coefficient (Wildman–Crippen LogP) is 3.37. The number of allylic oxidation sites excluding steroid dienone is 2. The molecule has 0 amide bonds. The quantitative estimate of drug-likeness (QED) is 0.819. The van der Waals surface area contributed by atoms with Crippen LogP contribution in [0.2, 0.25) is 0 Å². The number of hydrogen-bond acceptors (Lipinski definition) is 2. The Morgan fingerprint density at radius 3 is 2.56 bits per heavy atom. The molecule has 0 saturated heterocycles. The number of hydrogen-bond donors (Lipinski definition) is 1. The molecule has 1 aromatic carbocycles. The van der Waals surface area contributed by atoms with Gasteiger partial charge in [-0.25, -0.2) is 0 Å². The molecule has 2 rings (SSSR count). The van der Waals surface area contributed by atoms with Crippen molar-refractivity contribution < 1.29 is 4.79 Å². The Labute approximate surface area is 96.4 Å². The maximum Gasteiger partial charge on any atom is 0.178 e. The van der Waals surface area contributed by atoms with E-state index < -0.39 is 0 Å². The lowest BCUT2D eigenvalue weighted by molar-refractivity contribution is -0.116. The van der Waals surface area contributed by atoms with Gasteiger partial charge in [-0.1, -0.05) is 38.1 Å². The maximum absolute atomic E-state index is 11.8. The van der Waals surface area contributed by atoms with Crippen LogP contribution in [0.1, 0.15) is 26.7 Å². The smallest absolute Gasteiger partial charge is 0.178 e. The van der Waals surface area contributed by atoms with Gasteiger partial charge in [0.1, 0.15) is 0 Å². The van der Waals surface area contributed by atoms with Gasteiger partial charge < -0.3 is 5.32 Å². The lowest BCUT2D eigenvalue weighted by Gasteiger charge is -2.27. The van der Waals surface area contributed by atoms with Crippen LogP contribution in [-0.4, -0.2) is 5.78 Å². The lowest BCUT2D eigenvalue weighted by Crippen LogP contribution is -2.23. The van der Waals surface area contributed by atoms with Crippen molar-refractivity contribution >= 4 is 11.5 Å². The van der Waals surface area contributed by atoms with Gasteiger partial charge in [-0.05, 0) is 24.0 Å². The molecule has 0 bridgehead atoms. The van der Waals surface area contributed by atoms with E-state index in [0.29, 0.717) is 6.42 Å². The summed E-state index contributed by atoms with van der Waals surface area (Å²) in [5, 5.41) is 3.20. The molecule has 2 heteroatoms. The van der Waals surface area contributed by atoms with E-state index in [1.165, 1.54) is 0 Å². The van der Waals surface area contributed by atoms with Gasteiger partial charge in [0, 0.05) is 12.1 Å². The highest BCUT2D eigenvalue weighted by Gasteiger charge is 2.25. The minimum Gasteiger partial charge on any atom is -0.353 e. The van der Waals surface area contributed by atoms with E-state index in [9.17, 15) is 4.79 Å². The van der Waals surface area contributed by atoms with Gasteiger partial charge in [-0.3, -0.25) is 4.79 Å². The van der Waals surface area contributed by atoms with Gasteiger partial charge in [0.2, 0.25) is 0 Å². The van der Waals surface area contributed by atoms with E-state index in [-0.39, 0.29) is 11.2 Å². The zero-order valence-electron chi connectivity index (χ0n) is 9.79. The van der Waals surface area contributed by atoms with Crippen molar-refractivity contribution in [1.82, 2.24) is 0 Å². The van der Waals surface area contributed by atoms with Gasteiger partial charge in [0.05, 0.1) is 5.70 Å². The highest BCUT2D eigenvalue weighted by Crippen LogP contribution is 2.31. The first-order chi connectivity index (χ1) is 7.57. The molecule has 0 radical (unpaired) electrons. The molecule has 2 nitrogen and oxygen atoms in total. The van der Waals surface area contributed by atoms with E-state index in [0.717, 1.165) is 17.8 Å². The molecule has 0 aliphatic heterocycles. The normalized spacial score (nSPS) is 19.1. The molecule has 1 aromatic rings. The number of ketones is 1. The standard InChI is InChI=1S/C14H17NO/c1-14(2)9-8-13(16)12(10-14)15-11-6-4-3-5-7-11/h3-7,10,15H,8-9H2,1-2H3. The third kappa shape index (κ3) is 2.51. The fourth-order valence-electron chi connectivity index (χ4n) is 1.90. The zero-order chi connectivity index (χ0) is 11.6. The topological polar surface area (TPSA) is 29.1 Å². The minimum absolute atomic E-state index is 0.116. The second-order valence-electron chi connectivity index (χ2n) is 4.96. The number of carbonyl (C=O) groups excluding carboxylic acids is 1. The molecule has 1 aliphatic rings. The second-order valence-corrected chi connectivity index (χ2v) is 4.96. The van der Waals surface area contributed by atoms with E-state index in [1.54, 1.807) is 0 Å². The van der Waals surface area contributed by atoms with Crippen LogP contribution in [0.3, 0.4) is 0 Å². The highest BCUT2D eigenvalue weighted by atomic mass is 16.1. The van der Waals surface area contributed by atoms with Crippen molar-refractivity contribution in [2.24, 2.45) is 5.41 Å². The van der Waals surface area contributed by atoms with E-state index >= 15 is 0 Å². The number of benzene rings is 1. The van der Waals surface area contributed by atoms with Crippen LogP contribution in [-0.2, 0) is 4.79 Å². The summed E-state index contributed by atoms with van der Waals surface area (Å²) in [7, 11) is 0. The van der Waals surface area contributed by atoms with Crippen LogP contribution in [0.25, 0.3) is 0 Å². The van der Waals surface area contributed by atoms with Crippen molar-refractivity contribution in [3.05, 3.63) is 42.1 Å². The van der Waals surface area contributed by atoms with Gasteiger partial charge in [0.15, 0.2) is 5.78 Å². The summed E-state index contributed by atoms with van der Waals surface area (Å²) in [4.78, 5) is 11.8. The van der Waals surface area contributed by atoms with Gasteiger partial charge >= 0.3 is 0 Å². The first kappa shape index (κ1) is 10.9. The van der Waals surface area contributed by atoms with Crippen molar-refractivity contribution in [3.8, 4) is 0 Å². The van der Waals surface area contributed by atoms with Crippen molar-refractivity contribution in [3.63, 3.8) is 0 Å². The fourth-order valence-corrected chi connectivity index (χ4v) is 1.90. The summed E-state index contributed by atoms with van der Waals surface area (Å²) >= 11 is 0. The number of rotatable bonds is 2. The third-order valence-corrected chi connectivity index (χ3v) is 2.88. The maximum atomic E-state index is 11.8. The van der Waals surface area contributed by atoms with Crippen LogP contribution in [0, 0.1) is 5.41 Å². The summed E-state index contributed by atoms with van der Waals surface area (Å²) in [6.07, 6.45) is 3.62. The van der Waals surface area contributed by atoms with E-state index in [4.69, 9.17) is 0 Å². The first-order valence-electron chi connectivity index (χ1n) is 5.65. The molecule has 1 N–H and O–H groups in total. The van der Waals surface area contributed by atoms with E-state index in [2.05, 4.69) is 19.2 Å². The summed E-state index contributed by atoms with van der Waals surface area (Å²) in [6, 6.07) is 9.82. The molecule has 0 spiro atoms. The molecular formula is C14H17NO. The second kappa shape index (κ2) is 4.12. The number of anilines is 1. The summed E-state index contributed by atoms with van der Waals surface area (Å²) in [5.74, 6) is 0.211. The molecule has 0 unspecified atom stereocenters. The van der Waals surface area contributed by atoms with Crippen LogP contribution >= 0.6 is 0 Å². The third-order valence-electron chi connectivity index (χ3n) is 2.88. The van der Waals surface area contributed by atoms with Crippen LogP contribution in [0.15, 0.2) is 42.1 Å².